The predicted molar refractivity (Wildman–Crippen MR) is 53.5 cm³/mol. The summed E-state index contributed by atoms with van der Waals surface area (Å²) >= 11 is 0. The van der Waals surface area contributed by atoms with Gasteiger partial charge in [0.25, 0.3) is 0 Å². The predicted octanol–water partition coefficient (Wildman–Crippen LogP) is 1.70. The zero-order chi connectivity index (χ0) is 10.3. The van der Waals surface area contributed by atoms with Crippen LogP contribution in [-0.2, 0) is 13.6 Å². The number of aryl methyl sites for hydroxylation is 2. The molecule has 14 heavy (non-hydrogen) atoms. The molecule has 0 aliphatic heterocycles. The van der Waals surface area contributed by atoms with Crippen LogP contribution in [0.25, 0.3) is 11.0 Å². The molecule has 1 N–H and O–H groups in total. The summed E-state index contributed by atoms with van der Waals surface area (Å²) in [7, 11) is 1.91. The number of aromatic carboxylic acids is 1. The Bertz CT molecular complexity index is 493. The van der Waals surface area contributed by atoms with Gasteiger partial charge in [0.05, 0.1) is 11.0 Å². The lowest BCUT2D eigenvalue weighted by Gasteiger charge is -2.01. The molecular weight excluding hydrogens is 180 g/mol. The second kappa shape index (κ2) is 2.90. The average molecular weight is 192 g/mol. The Kier molecular flexibility index (Phi) is 1.84. The molecule has 0 atom stereocenters. The first-order valence-electron chi connectivity index (χ1n) is 4.53. The summed E-state index contributed by atoms with van der Waals surface area (Å²) in [5.74, 6) is -0.872. The second-order valence-electron chi connectivity index (χ2n) is 3.28. The Balaban J connectivity index is 2.78. The van der Waals surface area contributed by atoms with Gasteiger partial charge in [-0.1, -0.05) is 0 Å². The number of aromatic nitrogens is 2. The molecule has 0 aliphatic rings. The van der Waals surface area contributed by atoms with E-state index >= 15 is 0 Å². The summed E-state index contributed by atoms with van der Waals surface area (Å²) in [5.41, 5.74) is 2.30. The Labute approximate surface area is 81.4 Å². The van der Waals surface area contributed by atoms with Crippen molar-refractivity contribution in [1.29, 1.82) is 0 Å². The molecule has 0 spiro atoms. The molecule has 0 radical (unpaired) electrons. The van der Waals surface area contributed by atoms with Gasteiger partial charge in [-0.2, -0.15) is 0 Å². The third kappa shape index (κ3) is 1.04. The maximum absolute atomic E-state index is 10.9. The van der Waals surface area contributed by atoms with Gasteiger partial charge >= 0.3 is 5.97 Å². The van der Waals surface area contributed by atoms with Crippen LogP contribution >= 0.6 is 0 Å². The molecule has 4 heteroatoms. The highest BCUT2D eigenvalue weighted by atomic mass is 16.4. The van der Waals surface area contributed by atoms with E-state index in [1.165, 1.54) is 0 Å². The number of carboxylic acids is 1. The van der Waals surface area contributed by atoms with Gasteiger partial charge in [-0.15, -0.1) is 0 Å². The quantitative estimate of drug-likeness (QED) is 0.787. The molecule has 2 aromatic rings. The molecule has 0 bridgehead atoms. The van der Waals surface area contributed by atoms with Gasteiger partial charge in [0.2, 0.25) is 0 Å². The number of fused-ring (bicyclic) bond motifs is 1. The van der Waals surface area contributed by atoms with Gasteiger partial charge in [0, 0.05) is 19.8 Å². The largest absolute Gasteiger partial charge is 0.477 e. The number of nitrogens with zero attached hydrogens (tertiary/aromatic N) is 2. The molecule has 0 aliphatic carbocycles. The summed E-state index contributed by atoms with van der Waals surface area (Å²) in [6.45, 7) is 2.62. The number of hydrogen-bond donors (Lipinski definition) is 1. The van der Waals surface area contributed by atoms with Gasteiger partial charge in [-0.3, -0.25) is 0 Å². The van der Waals surface area contributed by atoms with E-state index in [9.17, 15) is 4.79 Å². The molecule has 0 fully saturated rings. The Morgan fingerprint density at radius 2 is 2.21 bits per heavy atom. The minimum absolute atomic E-state index is 0.355. The average Bonchev–Trinajstić information content (AvgIpc) is 2.66. The van der Waals surface area contributed by atoms with Crippen molar-refractivity contribution in [3.8, 4) is 0 Å². The topological polar surface area (TPSA) is 47.2 Å². The smallest absolute Gasteiger partial charge is 0.352 e. The Hall–Kier alpha value is -1.71. The number of carbonyl (C=O) groups is 1. The SMILES string of the molecule is CCn1c(C(=O)O)cc2c1ccn2C. The first-order valence-corrected chi connectivity index (χ1v) is 4.53. The van der Waals surface area contributed by atoms with E-state index in [-0.39, 0.29) is 0 Å². The number of carboxylic acid groups (broad SMARTS) is 1. The highest BCUT2D eigenvalue weighted by Gasteiger charge is 2.14. The van der Waals surface area contributed by atoms with Gasteiger partial charge in [0.15, 0.2) is 0 Å². The van der Waals surface area contributed by atoms with Gasteiger partial charge < -0.3 is 14.2 Å². The van der Waals surface area contributed by atoms with Crippen molar-refractivity contribution in [3.63, 3.8) is 0 Å². The van der Waals surface area contributed by atoms with Crippen LogP contribution < -0.4 is 0 Å². The van der Waals surface area contributed by atoms with Gasteiger partial charge in [-0.25, -0.2) is 4.79 Å². The molecule has 2 heterocycles. The zero-order valence-electron chi connectivity index (χ0n) is 8.19. The fraction of sp³-hybridized carbons (Fsp3) is 0.300. The maximum atomic E-state index is 10.9. The van der Waals surface area contributed by atoms with Crippen LogP contribution in [0.2, 0.25) is 0 Å². The molecule has 0 amide bonds. The number of hydrogen-bond acceptors (Lipinski definition) is 1. The van der Waals surface area contributed by atoms with E-state index in [0.717, 1.165) is 11.0 Å². The third-order valence-corrected chi connectivity index (χ3v) is 2.49. The van der Waals surface area contributed by atoms with Crippen LogP contribution in [0, 0.1) is 0 Å². The minimum Gasteiger partial charge on any atom is -0.477 e. The highest BCUT2D eigenvalue weighted by Crippen LogP contribution is 2.20. The lowest BCUT2D eigenvalue weighted by Crippen LogP contribution is -2.06. The molecule has 0 saturated carbocycles. The van der Waals surface area contributed by atoms with Crippen molar-refractivity contribution < 1.29 is 9.90 Å². The third-order valence-electron chi connectivity index (χ3n) is 2.49. The molecular formula is C10H12N2O2. The van der Waals surface area contributed by atoms with Crippen molar-refractivity contribution in [1.82, 2.24) is 9.13 Å². The van der Waals surface area contributed by atoms with Crippen molar-refractivity contribution in [2.75, 3.05) is 0 Å². The Morgan fingerprint density at radius 1 is 1.50 bits per heavy atom. The fourth-order valence-corrected chi connectivity index (χ4v) is 1.79. The molecule has 2 aromatic heterocycles. The van der Waals surface area contributed by atoms with Crippen LogP contribution in [0.3, 0.4) is 0 Å². The van der Waals surface area contributed by atoms with E-state index in [0.29, 0.717) is 12.2 Å². The van der Waals surface area contributed by atoms with Crippen LogP contribution in [0.5, 0.6) is 0 Å². The summed E-state index contributed by atoms with van der Waals surface area (Å²) in [5, 5.41) is 8.98. The maximum Gasteiger partial charge on any atom is 0.352 e. The van der Waals surface area contributed by atoms with E-state index in [1.807, 2.05) is 30.8 Å². The first-order chi connectivity index (χ1) is 6.65. The Morgan fingerprint density at radius 3 is 2.79 bits per heavy atom. The van der Waals surface area contributed by atoms with Crippen LogP contribution in [0.1, 0.15) is 17.4 Å². The van der Waals surface area contributed by atoms with E-state index in [2.05, 4.69) is 0 Å². The van der Waals surface area contributed by atoms with E-state index < -0.39 is 5.97 Å². The van der Waals surface area contributed by atoms with Crippen molar-refractivity contribution in [3.05, 3.63) is 24.0 Å². The standard InChI is InChI=1S/C10H12N2O2/c1-3-12-7-4-5-11(2)8(7)6-9(12)10(13)14/h4-6H,3H2,1-2H3,(H,13,14). The van der Waals surface area contributed by atoms with Crippen LogP contribution in [-0.4, -0.2) is 20.2 Å². The van der Waals surface area contributed by atoms with Gasteiger partial charge in [0.1, 0.15) is 5.69 Å². The monoisotopic (exact) mass is 192 g/mol. The van der Waals surface area contributed by atoms with Crippen LogP contribution in [0.15, 0.2) is 18.3 Å². The molecule has 0 unspecified atom stereocenters. The molecule has 0 saturated heterocycles. The lowest BCUT2D eigenvalue weighted by molar-refractivity contribution is 0.0686. The molecule has 74 valence electrons. The van der Waals surface area contributed by atoms with Crippen molar-refractivity contribution in [2.24, 2.45) is 7.05 Å². The summed E-state index contributed by atoms with van der Waals surface area (Å²) in [6, 6.07) is 3.65. The van der Waals surface area contributed by atoms with Crippen molar-refractivity contribution >= 4 is 17.0 Å². The summed E-state index contributed by atoms with van der Waals surface area (Å²) in [6.07, 6.45) is 1.93. The van der Waals surface area contributed by atoms with E-state index in [4.69, 9.17) is 5.11 Å². The zero-order valence-corrected chi connectivity index (χ0v) is 8.19. The minimum atomic E-state index is -0.872. The summed E-state index contributed by atoms with van der Waals surface area (Å²) < 4.78 is 3.73. The van der Waals surface area contributed by atoms with Crippen molar-refractivity contribution in [2.45, 2.75) is 13.5 Å². The second-order valence-corrected chi connectivity index (χ2v) is 3.28. The highest BCUT2D eigenvalue weighted by molar-refractivity contribution is 5.93. The molecule has 2 rings (SSSR count). The fourth-order valence-electron chi connectivity index (χ4n) is 1.79. The van der Waals surface area contributed by atoms with Gasteiger partial charge in [-0.05, 0) is 19.1 Å². The molecule has 0 aromatic carbocycles. The molecule has 4 nitrogen and oxygen atoms in total. The summed E-state index contributed by atoms with van der Waals surface area (Å²) in [4.78, 5) is 10.9. The first kappa shape index (κ1) is 8.87. The normalized spacial score (nSPS) is 11.0. The van der Waals surface area contributed by atoms with E-state index in [1.54, 1.807) is 10.6 Å². The van der Waals surface area contributed by atoms with Crippen LogP contribution in [0.4, 0.5) is 0 Å². The number of rotatable bonds is 2. The lowest BCUT2D eigenvalue weighted by atomic mass is 10.4.